The van der Waals surface area contributed by atoms with Gasteiger partial charge in [0, 0.05) is 18.3 Å². The number of nitrogens with two attached hydrogens (primary N) is 1. The van der Waals surface area contributed by atoms with Crippen molar-refractivity contribution in [1.29, 1.82) is 0 Å². The molecule has 2 amide bonds. The molecule has 3 aromatic rings. The molecule has 2 atom stereocenters. The number of methoxy groups -OCH3 is 1. The van der Waals surface area contributed by atoms with E-state index >= 15 is 0 Å². The van der Waals surface area contributed by atoms with Crippen molar-refractivity contribution < 1.29 is 40.7 Å². The van der Waals surface area contributed by atoms with E-state index in [1.165, 1.54) is 0 Å². The van der Waals surface area contributed by atoms with Crippen LogP contribution >= 0.6 is 0 Å². The second-order valence-electron chi connectivity index (χ2n) is 9.51. The Hall–Kier alpha value is -4.17. The number of alkyl halides is 4. The molecule has 38 heavy (non-hydrogen) atoms. The van der Waals surface area contributed by atoms with E-state index in [1.54, 1.807) is 20.8 Å². The molecular formula is C23H25F4N7O4. The topological polar surface area (TPSA) is 137 Å². The van der Waals surface area contributed by atoms with Gasteiger partial charge in [-0.1, -0.05) is 0 Å². The quantitative estimate of drug-likeness (QED) is 0.480. The average molecular weight is 543 g/mol. The Kier molecular flexibility index (Phi) is 5.81. The fourth-order valence-electron chi connectivity index (χ4n) is 3.95. The van der Waals surface area contributed by atoms with Crippen molar-refractivity contribution in [3.05, 3.63) is 35.8 Å². The van der Waals surface area contributed by atoms with Crippen molar-refractivity contribution in [3.63, 3.8) is 0 Å². The molecule has 1 fully saturated rings. The van der Waals surface area contributed by atoms with Gasteiger partial charge in [0.2, 0.25) is 5.88 Å². The van der Waals surface area contributed by atoms with Gasteiger partial charge >= 0.3 is 12.3 Å². The molecule has 204 valence electrons. The Morgan fingerprint density at radius 1 is 1.21 bits per heavy atom. The Morgan fingerprint density at radius 2 is 1.95 bits per heavy atom. The third-order valence-corrected chi connectivity index (χ3v) is 5.59. The van der Waals surface area contributed by atoms with Crippen molar-refractivity contribution in [1.82, 2.24) is 29.8 Å². The highest BCUT2D eigenvalue weighted by molar-refractivity contribution is 5.98. The van der Waals surface area contributed by atoms with Crippen LogP contribution in [0.4, 0.5) is 28.2 Å². The van der Waals surface area contributed by atoms with E-state index < -0.39 is 71.4 Å². The average Bonchev–Trinajstić information content (AvgIpc) is 3.39. The van der Waals surface area contributed by atoms with E-state index in [0.29, 0.717) is 0 Å². The van der Waals surface area contributed by atoms with Crippen LogP contribution < -0.4 is 15.8 Å². The van der Waals surface area contributed by atoms with Crippen LogP contribution in [-0.4, -0.2) is 74.4 Å². The van der Waals surface area contributed by atoms with Gasteiger partial charge in [0.15, 0.2) is 5.82 Å². The number of aromatic nitrogens is 4. The van der Waals surface area contributed by atoms with Crippen LogP contribution in [0, 0.1) is 0 Å². The van der Waals surface area contributed by atoms with Gasteiger partial charge in [0.25, 0.3) is 5.91 Å². The summed E-state index contributed by atoms with van der Waals surface area (Å²) in [6.07, 6.45) is -5.45. The number of nitrogens with zero attached hydrogens (tertiary/aromatic N) is 5. The summed E-state index contributed by atoms with van der Waals surface area (Å²) in [7, 11) is -3.06. The summed E-state index contributed by atoms with van der Waals surface area (Å²) in [5.74, 6) is -2.20. The number of nitrogen functional groups attached to an aromatic ring is 1. The van der Waals surface area contributed by atoms with Gasteiger partial charge in [-0.15, -0.1) is 0 Å². The van der Waals surface area contributed by atoms with Crippen molar-refractivity contribution in [2.75, 3.05) is 25.9 Å². The molecular weight excluding hydrogens is 514 g/mol. The van der Waals surface area contributed by atoms with E-state index in [4.69, 9.17) is 19.3 Å². The fraction of sp³-hybridized carbons (Fsp3) is 0.435. The standard InChI is InChI=1S/C23H25F4N7O4/c1-22(2,3)38-21(36)33-8-14(24)15(9-33)32-19(35)12-5-11(7-29-20(12)37-4)16-6-13(23(25,26)27)17-18(28)30-10-31-34(16)17/h5-7,10,14-15H,8-9H2,1-4H3,(H,32,35)(H2,28,30,31)/t14-,15+/m0/s1/i4D3. The number of hydrogen-bond acceptors (Lipinski definition) is 8. The van der Waals surface area contributed by atoms with E-state index in [-0.39, 0.29) is 24.3 Å². The van der Waals surface area contributed by atoms with E-state index in [9.17, 15) is 27.2 Å². The van der Waals surface area contributed by atoms with Crippen molar-refractivity contribution >= 4 is 23.3 Å². The number of amides is 2. The maximum absolute atomic E-state index is 14.8. The first-order valence-electron chi connectivity index (χ1n) is 12.7. The molecule has 4 heterocycles. The van der Waals surface area contributed by atoms with Crippen LogP contribution in [0.3, 0.4) is 0 Å². The van der Waals surface area contributed by atoms with Gasteiger partial charge in [-0.3, -0.25) is 4.79 Å². The molecule has 0 spiro atoms. The van der Waals surface area contributed by atoms with Crippen LogP contribution in [0.2, 0.25) is 0 Å². The Morgan fingerprint density at radius 3 is 2.61 bits per heavy atom. The first-order chi connectivity index (χ1) is 18.8. The first-order valence-corrected chi connectivity index (χ1v) is 11.2. The lowest BCUT2D eigenvalue weighted by molar-refractivity contribution is -0.136. The predicted molar refractivity (Wildman–Crippen MR) is 126 cm³/mol. The summed E-state index contributed by atoms with van der Waals surface area (Å²) in [5.41, 5.74) is 2.30. The number of halogens is 4. The van der Waals surface area contributed by atoms with Crippen LogP contribution in [0.1, 0.15) is 40.8 Å². The molecule has 0 bridgehead atoms. The van der Waals surface area contributed by atoms with Crippen LogP contribution in [-0.2, 0) is 10.9 Å². The van der Waals surface area contributed by atoms with E-state index in [0.717, 1.165) is 34.1 Å². The number of likely N-dealkylation sites (tertiary alicyclic amines) is 1. The summed E-state index contributed by atoms with van der Waals surface area (Å²) in [5, 5.41) is 6.20. The molecule has 1 saturated heterocycles. The normalized spacial score (nSPS) is 19.6. The lowest BCUT2D eigenvalue weighted by Crippen LogP contribution is -2.42. The van der Waals surface area contributed by atoms with Gasteiger partial charge in [0.1, 0.15) is 29.2 Å². The maximum atomic E-state index is 14.8. The Bertz CT molecular complexity index is 1490. The molecule has 0 aromatic carbocycles. The zero-order valence-electron chi connectivity index (χ0n) is 23.3. The van der Waals surface area contributed by atoms with Crippen molar-refractivity contribution in [2.24, 2.45) is 0 Å². The number of fused-ring (bicyclic) bond motifs is 1. The van der Waals surface area contributed by atoms with Gasteiger partial charge in [-0.05, 0) is 32.9 Å². The number of nitrogens with one attached hydrogen (secondary N) is 1. The van der Waals surface area contributed by atoms with Crippen molar-refractivity contribution in [3.8, 4) is 17.1 Å². The minimum atomic E-state index is -4.85. The molecule has 3 N–H and O–H groups in total. The monoisotopic (exact) mass is 542 g/mol. The second kappa shape index (κ2) is 9.61. The number of rotatable bonds is 4. The minimum Gasteiger partial charge on any atom is -0.480 e. The molecule has 0 radical (unpaired) electrons. The summed E-state index contributed by atoms with van der Waals surface area (Å²) in [4.78, 5) is 34.1. The van der Waals surface area contributed by atoms with E-state index in [2.05, 4.69) is 20.4 Å². The first kappa shape index (κ1) is 23.0. The van der Waals surface area contributed by atoms with E-state index in [1.807, 2.05) is 0 Å². The van der Waals surface area contributed by atoms with Gasteiger partial charge in [-0.25, -0.2) is 23.7 Å². The van der Waals surface area contributed by atoms with Crippen LogP contribution in [0.25, 0.3) is 16.8 Å². The zero-order valence-corrected chi connectivity index (χ0v) is 20.3. The molecule has 0 saturated carbocycles. The largest absolute Gasteiger partial charge is 0.480 e. The lowest BCUT2D eigenvalue weighted by Gasteiger charge is -2.24. The Balaban J connectivity index is 1.71. The lowest BCUT2D eigenvalue weighted by atomic mass is 10.1. The zero-order chi connectivity index (χ0) is 30.5. The molecule has 1 aliphatic rings. The molecule has 11 nitrogen and oxygen atoms in total. The Labute approximate surface area is 218 Å². The SMILES string of the molecule is [2H]C([2H])([2H])Oc1ncc(-c2cc(C(F)(F)F)c3c(N)ncnn23)cc1C(=O)N[C@@H]1CN(C(=O)OC(C)(C)C)C[C@@H]1F. The third kappa shape index (κ3) is 5.26. The minimum absolute atomic E-state index is 0.102. The smallest absolute Gasteiger partial charge is 0.418 e. The number of pyridine rings is 1. The number of hydrogen-bond donors (Lipinski definition) is 2. The van der Waals surface area contributed by atoms with Gasteiger partial charge < -0.3 is 25.4 Å². The molecule has 15 heteroatoms. The maximum Gasteiger partial charge on any atom is 0.418 e. The molecule has 0 unspecified atom stereocenters. The molecule has 0 aliphatic carbocycles. The van der Waals surface area contributed by atoms with Gasteiger partial charge in [-0.2, -0.15) is 18.3 Å². The highest BCUT2D eigenvalue weighted by Crippen LogP contribution is 2.39. The summed E-state index contributed by atoms with van der Waals surface area (Å²) in [6.45, 7) is 4.25. The van der Waals surface area contributed by atoms with Gasteiger partial charge in [0.05, 0.1) is 35.0 Å². The highest BCUT2D eigenvalue weighted by atomic mass is 19.4. The number of carbonyl (C=O) groups excluding carboxylic acids is 2. The highest BCUT2D eigenvalue weighted by Gasteiger charge is 2.39. The van der Waals surface area contributed by atoms with Crippen LogP contribution in [0.15, 0.2) is 24.7 Å². The summed E-state index contributed by atoms with van der Waals surface area (Å²) < 4.78 is 89.2. The summed E-state index contributed by atoms with van der Waals surface area (Å²) >= 11 is 0. The fourth-order valence-corrected chi connectivity index (χ4v) is 3.95. The van der Waals surface area contributed by atoms with Crippen LogP contribution in [0.5, 0.6) is 5.88 Å². The second-order valence-corrected chi connectivity index (χ2v) is 9.51. The number of carbonyl (C=O) groups is 2. The summed E-state index contributed by atoms with van der Waals surface area (Å²) in [6, 6.07) is 0.520. The number of anilines is 1. The van der Waals surface area contributed by atoms with Crippen molar-refractivity contribution in [2.45, 2.75) is 44.8 Å². The predicted octanol–water partition coefficient (Wildman–Crippen LogP) is 3.09. The number of ether oxygens (including phenoxy) is 2. The molecule has 1 aliphatic heterocycles. The molecule has 3 aromatic heterocycles. The third-order valence-electron chi connectivity index (χ3n) is 5.59. The molecule has 4 rings (SSSR count).